The second-order valence-electron chi connectivity index (χ2n) is 9.40. The Morgan fingerprint density at radius 1 is 1.17 bits per heavy atom. The van der Waals surface area contributed by atoms with Gasteiger partial charge in [0.25, 0.3) is 0 Å². The summed E-state index contributed by atoms with van der Waals surface area (Å²) >= 11 is 5.86. The molecule has 2 aromatic rings. The van der Waals surface area contributed by atoms with Gasteiger partial charge in [0.15, 0.2) is 6.04 Å². The number of rotatable bonds is 4. The molecule has 2 saturated heterocycles. The van der Waals surface area contributed by atoms with Gasteiger partial charge in [-0.25, -0.2) is 4.39 Å². The zero-order chi connectivity index (χ0) is 25.0. The van der Waals surface area contributed by atoms with Crippen LogP contribution >= 0.6 is 11.6 Å². The number of amides is 2. The number of halogens is 5. The number of carbonyl (C=O) groups is 2. The fourth-order valence-corrected chi connectivity index (χ4v) is 5.65. The summed E-state index contributed by atoms with van der Waals surface area (Å²) in [4.78, 5) is 29.7. The van der Waals surface area contributed by atoms with Crippen molar-refractivity contribution in [2.75, 3.05) is 11.9 Å². The van der Waals surface area contributed by atoms with Crippen molar-refractivity contribution in [3.8, 4) is 0 Å². The summed E-state index contributed by atoms with van der Waals surface area (Å²) in [6, 6.07) is 3.64. The van der Waals surface area contributed by atoms with Gasteiger partial charge in [-0.1, -0.05) is 17.7 Å². The summed E-state index contributed by atoms with van der Waals surface area (Å²) in [5.74, 6) is -1.49. The fourth-order valence-electron chi connectivity index (χ4n) is 5.47. The van der Waals surface area contributed by atoms with Gasteiger partial charge in [-0.05, 0) is 61.4 Å². The second-order valence-corrected chi connectivity index (χ2v) is 9.80. The van der Waals surface area contributed by atoms with E-state index in [1.807, 2.05) is 0 Å². The smallest absolute Gasteiger partial charge is 0.380 e. The van der Waals surface area contributed by atoms with Crippen LogP contribution in [0.2, 0.25) is 5.02 Å². The number of nitrogens with one attached hydrogen (secondary N) is 2. The van der Waals surface area contributed by atoms with E-state index in [1.54, 1.807) is 6.07 Å². The Kier molecular flexibility index (Phi) is 5.89. The van der Waals surface area contributed by atoms with Crippen LogP contribution in [-0.4, -0.2) is 46.0 Å². The van der Waals surface area contributed by atoms with E-state index in [9.17, 15) is 27.2 Å². The number of benzene rings is 1. The Bertz CT molecular complexity index is 1170. The van der Waals surface area contributed by atoms with Crippen LogP contribution in [-0.2, 0) is 22.4 Å². The standard InChI is InChI=1S/C24H23ClF4N4O2/c25-17-4-2-13-10-15(11-16(13)20(17)26)31-14-3-5-18(30-12-14)21(24(27,28)29)33-9-1-7-23(22(33)35)8-6-19(34)32-23/h2-5,12,15,21,31H,1,6-11H2,(H,32,34). The molecule has 1 spiro atoms. The molecule has 5 rings (SSSR count). The highest BCUT2D eigenvalue weighted by atomic mass is 35.5. The van der Waals surface area contributed by atoms with Crippen LogP contribution in [0.3, 0.4) is 0 Å². The van der Waals surface area contributed by atoms with Gasteiger partial charge in [0.1, 0.15) is 11.4 Å². The molecule has 186 valence electrons. The first-order chi connectivity index (χ1) is 16.6. The molecule has 2 N–H and O–H groups in total. The highest BCUT2D eigenvalue weighted by Crippen LogP contribution is 2.42. The van der Waals surface area contributed by atoms with Gasteiger partial charge in [0.05, 0.1) is 22.6 Å². The number of piperidine rings is 1. The number of anilines is 1. The molecule has 3 aliphatic rings. The van der Waals surface area contributed by atoms with Crippen molar-refractivity contribution < 1.29 is 27.2 Å². The largest absolute Gasteiger partial charge is 0.414 e. The Labute approximate surface area is 204 Å². The lowest BCUT2D eigenvalue weighted by Gasteiger charge is -2.43. The number of aromatic nitrogens is 1. The quantitative estimate of drug-likeness (QED) is 0.601. The molecule has 2 fully saturated rings. The number of fused-ring (bicyclic) bond motifs is 1. The van der Waals surface area contributed by atoms with Crippen molar-refractivity contribution in [2.24, 2.45) is 0 Å². The monoisotopic (exact) mass is 510 g/mol. The summed E-state index contributed by atoms with van der Waals surface area (Å²) in [7, 11) is 0. The average Bonchev–Trinajstić information content (AvgIpc) is 3.38. The first-order valence-electron chi connectivity index (χ1n) is 11.4. The lowest BCUT2D eigenvalue weighted by Crippen LogP contribution is -2.61. The van der Waals surface area contributed by atoms with Crippen LogP contribution in [0.4, 0.5) is 23.2 Å². The van der Waals surface area contributed by atoms with Gasteiger partial charge in [0.2, 0.25) is 11.8 Å². The van der Waals surface area contributed by atoms with E-state index in [2.05, 4.69) is 15.6 Å². The SMILES string of the molecule is O=C1CCC2(CCCN(C(c3ccc(NC4Cc5ccc(Cl)c(F)c5C4)cn3)C(F)(F)F)C2=O)N1. The van der Waals surface area contributed by atoms with Crippen molar-refractivity contribution in [2.45, 2.75) is 62.3 Å². The van der Waals surface area contributed by atoms with E-state index in [4.69, 9.17) is 11.6 Å². The molecule has 6 nitrogen and oxygen atoms in total. The third-order valence-electron chi connectivity index (χ3n) is 7.10. The van der Waals surface area contributed by atoms with Crippen molar-refractivity contribution >= 4 is 29.1 Å². The van der Waals surface area contributed by atoms with Gasteiger partial charge < -0.3 is 15.5 Å². The van der Waals surface area contributed by atoms with Crippen LogP contribution in [0.15, 0.2) is 30.5 Å². The van der Waals surface area contributed by atoms with Crippen LogP contribution in [0.25, 0.3) is 0 Å². The number of likely N-dealkylation sites (tertiary alicyclic amines) is 1. The van der Waals surface area contributed by atoms with Gasteiger partial charge in [0, 0.05) is 19.0 Å². The molecular formula is C24H23ClF4N4O2. The molecule has 11 heteroatoms. The normalized spacial score (nSPS) is 25.1. The minimum Gasteiger partial charge on any atom is -0.380 e. The number of pyridine rings is 1. The summed E-state index contributed by atoms with van der Waals surface area (Å²) < 4.78 is 56.8. The van der Waals surface area contributed by atoms with Gasteiger partial charge in [-0.15, -0.1) is 0 Å². The summed E-state index contributed by atoms with van der Waals surface area (Å²) in [6.45, 7) is -0.0727. The molecule has 2 aliphatic heterocycles. The van der Waals surface area contributed by atoms with E-state index in [-0.39, 0.29) is 42.1 Å². The molecular weight excluding hydrogens is 488 g/mol. The molecule has 0 radical (unpaired) electrons. The van der Waals surface area contributed by atoms with E-state index in [0.29, 0.717) is 36.9 Å². The summed E-state index contributed by atoms with van der Waals surface area (Å²) in [5, 5.41) is 5.85. The van der Waals surface area contributed by atoms with Crippen molar-refractivity contribution in [3.05, 3.63) is 58.1 Å². The number of hydrogen-bond donors (Lipinski definition) is 2. The van der Waals surface area contributed by atoms with E-state index in [0.717, 1.165) is 10.5 Å². The first-order valence-corrected chi connectivity index (χ1v) is 11.8. The zero-order valence-electron chi connectivity index (χ0n) is 18.6. The molecule has 3 heterocycles. The Balaban J connectivity index is 1.34. The van der Waals surface area contributed by atoms with Crippen molar-refractivity contribution in [1.82, 2.24) is 15.2 Å². The van der Waals surface area contributed by atoms with E-state index in [1.165, 1.54) is 24.4 Å². The van der Waals surface area contributed by atoms with Crippen molar-refractivity contribution in [1.29, 1.82) is 0 Å². The number of hydrogen-bond acceptors (Lipinski definition) is 4. The minimum absolute atomic E-state index is 0.0554. The summed E-state index contributed by atoms with van der Waals surface area (Å²) in [5.41, 5.74) is 0.292. The van der Waals surface area contributed by atoms with E-state index >= 15 is 0 Å². The maximum Gasteiger partial charge on any atom is 0.414 e. The van der Waals surface area contributed by atoms with Crippen LogP contribution in [0.1, 0.15) is 48.5 Å². The third kappa shape index (κ3) is 4.32. The third-order valence-corrected chi connectivity index (χ3v) is 7.39. The minimum atomic E-state index is -4.75. The van der Waals surface area contributed by atoms with Crippen LogP contribution in [0.5, 0.6) is 0 Å². The molecule has 0 bridgehead atoms. The number of alkyl halides is 3. The molecule has 3 atom stereocenters. The lowest BCUT2D eigenvalue weighted by atomic mass is 9.85. The number of nitrogens with zero attached hydrogens (tertiary/aromatic N) is 2. The molecule has 1 aromatic heterocycles. The highest BCUT2D eigenvalue weighted by Gasteiger charge is 2.55. The Morgan fingerprint density at radius 2 is 1.97 bits per heavy atom. The van der Waals surface area contributed by atoms with Gasteiger partial charge in [-0.3, -0.25) is 14.6 Å². The molecule has 1 aromatic carbocycles. The highest BCUT2D eigenvalue weighted by molar-refractivity contribution is 6.30. The maximum atomic E-state index is 14.3. The van der Waals surface area contributed by atoms with Crippen LogP contribution < -0.4 is 10.6 Å². The average molecular weight is 511 g/mol. The summed E-state index contributed by atoms with van der Waals surface area (Å²) in [6.07, 6.45) is -1.53. The molecule has 3 unspecified atom stereocenters. The van der Waals surface area contributed by atoms with Crippen LogP contribution in [0, 0.1) is 5.82 Å². The molecule has 1 aliphatic carbocycles. The molecule has 0 saturated carbocycles. The second kappa shape index (κ2) is 8.65. The topological polar surface area (TPSA) is 74.3 Å². The maximum absolute atomic E-state index is 14.3. The Morgan fingerprint density at radius 3 is 2.63 bits per heavy atom. The molecule has 35 heavy (non-hydrogen) atoms. The van der Waals surface area contributed by atoms with Crippen molar-refractivity contribution in [3.63, 3.8) is 0 Å². The zero-order valence-corrected chi connectivity index (χ0v) is 19.3. The molecule has 2 amide bonds. The fraction of sp³-hybridized carbons (Fsp3) is 0.458. The predicted octanol–water partition coefficient (Wildman–Crippen LogP) is 4.33. The van der Waals surface area contributed by atoms with Gasteiger partial charge >= 0.3 is 6.18 Å². The lowest BCUT2D eigenvalue weighted by molar-refractivity contribution is -0.198. The predicted molar refractivity (Wildman–Crippen MR) is 120 cm³/mol. The number of carbonyl (C=O) groups excluding carboxylic acids is 2. The Hall–Kier alpha value is -2.88. The van der Waals surface area contributed by atoms with Gasteiger partial charge in [-0.2, -0.15) is 13.2 Å². The van der Waals surface area contributed by atoms with E-state index < -0.39 is 29.5 Å². The first kappa shape index (κ1) is 23.8.